The molecule has 0 aromatic carbocycles. The number of hydrogen-bond donors (Lipinski definition) is 1. The van der Waals surface area contributed by atoms with Crippen LogP contribution in [0.15, 0.2) is 36.8 Å². The van der Waals surface area contributed by atoms with Crippen molar-refractivity contribution in [3.8, 4) is 5.82 Å². The minimum atomic E-state index is -1.02. The molecule has 0 saturated carbocycles. The van der Waals surface area contributed by atoms with Gasteiger partial charge in [0.1, 0.15) is 5.54 Å². The van der Waals surface area contributed by atoms with Crippen LogP contribution in [-0.4, -0.2) is 50.9 Å². The quantitative estimate of drug-likeness (QED) is 0.821. The highest BCUT2D eigenvalue weighted by Gasteiger charge is 2.47. The number of aromatic nitrogens is 3. The molecule has 1 saturated heterocycles. The van der Waals surface area contributed by atoms with Gasteiger partial charge in [0.05, 0.1) is 13.2 Å². The summed E-state index contributed by atoms with van der Waals surface area (Å²) >= 11 is 0. The molecular formula is C15H17N5O3. The van der Waals surface area contributed by atoms with Gasteiger partial charge in [-0.2, -0.15) is 5.10 Å². The van der Waals surface area contributed by atoms with Gasteiger partial charge in [-0.1, -0.05) is 0 Å². The van der Waals surface area contributed by atoms with Gasteiger partial charge in [-0.25, -0.2) is 14.5 Å². The van der Waals surface area contributed by atoms with E-state index >= 15 is 0 Å². The van der Waals surface area contributed by atoms with Crippen molar-refractivity contribution in [1.82, 2.24) is 25.0 Å². The number of carbonyl (C=O) groups excluding carboxylic acids is 2. The average Bonchev–Trinajstić information content (AvgIpc) is 3.12. The first kappa shape index (κ1) is 15.2. The van der Waals surface area contributed by atoms with Gasteiger partial charge in [-0.15, -0.1) is 0 Å². The summed E-state index contributed by atoms with van der Waals surface area (Å²) in [6.45, 7) is 1.95. The fourth-order valence-electron chi connectivity index (χ4n) is 2.55. The van der Waals surface area contributed by atoms with Crippen LogP contribution in [0.3, 0.4) is 0 Å². The Morgan fingerprint density at radius 3 is 2.87 bits per heavy atom. The van der Waals surface area contributed by atoms with Gasteiger partial charge in [-0.3, -0.25) is 9.69 Å². The van der Waals surface area contributed by atoms with Crippen molar-refractivity contribution < 1.29 is 14.3 Å². The van der Waals surface area contributed by atoms with Gasteiger partial charge in [0.25, 0.3) is 5.91 Å². The number of carbonyl (C=O) groups is 2. The highest BCUT2D eigenvalue weighted by Crippen LogP contribution is 2.20. The second kappa shape index (κ2) is 5.81. The van der Waals surface area contributed by atoms with E-state index in [1.165, 1.54) is 12.0 Å². The summed E-state index contributed by atoms with van der Waals surface area (Å²) in [5, 5.41) is 6.79. The smallest absolute Gasteiger partial charge is 0.325 e. The van der Waals surface area contributed by atoms with Crippen LogP contribution in [0.5, 0.6) is 0 Å². The van der Waals surface area contributed by atoms with Gasteiger partial charge in [0, 0.05) is 25.7 Å². The maximum atomic E-state index is 12.5. The zero-order valence-corrected chi connectivity index (χ0v) is 12.9. The molecule has 3 heterocycles. The third-order valence-corrected chi connectivity index (χ3v) is 3.67. The van der Waals surface area contributed by atoms with Gasteiger partial charge >= 0.3 is 6.03 Å². The number of methoxy groups -OCH3 is 1. The van der Waals surface area contributed by atoms with Gasteiger partial charge < -0.3 is 10.1 Å². The Morgan fingerprint density at radius 1 is 1.35 bits per heavy atom. The monoisotopic (exact) mass is 315 g/mol. The minimum Gasteiger partial charge on any atom is -0.382 e. The third kappa shape index (κ3) is 2.80. The molecule has 1 unspecified atom stereocenters. The number of ether oxygens (including phenoxy) is 1. The summed E-state index contributed by atoms with van der Waals surface area (Å²) in [7, 11) is 1.49. The Labute approximate surface area is 133 Å². The highest BCUT2D eigenvalue weighted by molar-refractivity contribution is 6.06. The molecule has 0 radical (unpaired) electrons. The topological polar surface area (TPSA) is 89.3 Å². The van der Waals surface area contributed by atoms with Crippen LogP contribution in [0, 0.1) is 0 Å². The van der Waals surface area contributed by atoms with E-state index in [9.17, 15) is 9.59 Å². The van der Waals surface area contributed by atoms with E-state index in [4.69, 9.17) is 4.74 Å². The summed E-state index contributed by atoms with van der Waals surface area (Å²) in [5.41, 5.74) is -0.236. The summed E-state index contributed by atoms with van der Waals surface area (Å²) in [6, 6.07) is 4.92. The summed E-state index contributed by atoms with van der Waals surface area (Å²) in [4.78, 5) is 30.0. The molecule has 8 heteroatoms. The van der Waals surface area contributed by atoms with E-state index in [-0.39, 0.29) is 19.1 Å². The van der Waals surface area contributed by atoms with E-state index in [1.54, 1.807) is 48.4 Å². The summed E-state index contributed by atoms with van der Waals surface area (Å²) in [5.74, 6) is 0.320. The first-order valence-electron chi connectivity index (χ1n) is 7.11. The van der Waals surface area contributed by atoms with Crippen LogP contribution in [-0.2, 0) is 16.1 Å². The van der Waals surface area contributed by atoms with Crippen molar-refractivity contribution in [1.29, 1.82) is 0 Å². The van der Waals surface area contributed by atoms with Crippen LogP contribution >= 0.6 is 0 Å². The van der Waals surface area contributed by atoms with Crippen LogP contribution in [0.1, 0.15) is 12.5 Å². The standard InChI is InChI=1S/C15H17N5O3/c1-15(10-23-2)13(21)19(14(22)18-15)9-11-4-6-16-12(8-11)20-7-3-5-17-20/h3-8H,9-10H2,1-2H3,(H,18,22). The van der Waals surface area contributed by atoms with Gasteiger partial charge in [-0.05, 0) is 30.7 Å². The Hall–Kier alpha value is -2.74. The molecule has 1 N–H and O–H groups in total. The van der Waals surface area contributed by atoms with E-state index in [2.05, 4.69) is 15.4 Å². The van der Waals surface area contributed by atoms with Crippen LogP contribution in [0.4, 0.5) is 4.79 Å². The molecular weight excluding hydrogens is 298 g/mol. The SMILES string of the molecule is COCC1(C)NC(=O)N(Cc2ccnc(-n3cccn3)c2)C1=O. The number of imide groups is 1. The Balaban J connectivity index is 1.81. The number of pyridine rings is 1. The first-order valence-corrected chi connectivity index (χ1v) is 7.11. The molecule has 3 amide bonds. The summed E-state index contributed by atoms with van der Waals surface area (Å²) < 4.78 is 6.65. The predicted molar refractivity (Wildman–Crippen MR) is 80.7 cm³/mol. The number of rotatable bonds is 5. The van der Waals surface area contributed by atoms with E-state index in [0.717, 1.165) is 5.56 Å². The number of amides is 3. The molecule has 1 fully saturated rings. The first-order chi connectivity index (χ1) is 11.0. The van der Waals surface area contributed by atoms with Crippen molar-refractivity contribution in [2.24, 2.45) is 0 Å². The molecule has 1 atom stereocenters. The second-order valence-electron chi connectivity index (χ2n) is 5.56. The maximum Gasteiger partial charge on any atom is 0.325 e. The van der Waals surface area contributed by atoms with E-state index < -0.39 is 11.6 Å². The van der Waals surface area contributed by atoms with Crippen molar-refractivity contribution in [3.05, 3.63) is 42.4 Å². The van der Waals surface area contributed by atoms with Crippen molar-refractivity contribution in [2.75, 3.05) is 13.7 Å². The van der Waals surface area contributed by atoms with Crippen LogP contribution < -0.4 is 5.32 Å². The molecule has 1 aliphatic heterocycles. The number of hydrogen-bond acceptors (Lipinski definition) is 5. The van der Waals surface area contributed by atoms with Crippen molar-refractivity contribution >= 4 is 11.9 Å². The van der Waals surface area contributed by atoms with Gasteiger partial charge in [0.2, 0.25) is 0 Å². The third-order valence-electron chi connectivity index (χ3n) is 3.67. The van der Waals surface area contributed by atoms with Crippen molar-refractivity contribution in [2.45, 2.75) is 19.0 Å². The van der Waals surface area contributed by atoms with Gasteiger partial charge in [0.15, 0.2) is 5.82 Å². The van der Waals surface area contributed by atoms with Crippen molar-refractivity contribution in [3.63, 3.8) is 0 Å². The zero-order chi connectivity index (χ0) is 16.4. The summed E-state index contributed by atoms with van der Waals surface area (Å²) in [6.07, 6.45) is 5.05. The van der Waals surface area contributed by atoms with Crippen LogP contribution in [0.2, 0.25) is 0 Å². The highest BCUT2D eigenvalue weighted by atomic mass is 16.5. The van der Waals surface area contributed by atoms with E-state index in [1.807, 2.05) is 0 Å². The Kier molecular flexibility index (Phi) is 3.83. The predicted octanol–water partition coefficient (Wildman–Crippen LogP) is 0.724. The molecule has 0 aliphatic carbocycles. The number of nitrogens with zero attached hydrogens (tertiary/aromatic N) is 4. The largest absolute Gasteiger partial charge is 0.382 e. The lowest BCUT2D eigenvalue weighted by Gasteiger charge is -2.20. The van der Waals surface area contributed by atoms with E-state index in [0.29, 0.717) is 5.82 Å². The second-order valence-corrected chi connectivity index (χ2v) is 5.56. The Bertz CT molecular complexity index is 730. The molecule has 2 aromatic heterocycles. The number of nitrogens with one attached hydrogen (secondary N) is 1. The molecule has 0 spiro atoms. The fraction of sp³-hybridized carbons (Fsp3) is 0.333. The average molecular weight is 315 g/mol. The molecule has 8 nitrogen and oxygen atoms in total. The maximum absolute atomic E-state index is 12.5. The lowest BCUT2D eigenvalue weighted by molar-refractivity contribution is -0.132. The minimum absolute atomic E-state index is 0.128. The molecule has 1 aliphatic rings. The molecule has 23 heavy (non-hydrogen) atoms. The molecule has 120 valence electrons. The van der Waals surface area contributed by atoms with Crippen LogP contribution in [0.25, 0.3) is 5.82 Å². The number of urea groups is 1. The molecule has 2 aromatic rings. The Morgan fingerprint density at radius 2 is 2.17 bits per heavy atom. The molecule has 3 rings (SSSR count). The lowest BCUT2D eigenvalue weighted by Crippen LogP contribution is -2.47. The zero-order valence-electron chi connectivity index (χ0n) is 12.9. The lowest BCUT2D eigenvalue weighted by atomic mass is 10.0. The fourth-order valence-corrected chi connectivity index (χ4v) is 2.55. The normalized spacial score (nSPS) is 20.9. The molecule has 0 bridgehead atoms.